The average Bonchev–Trinajstić information content (AvgIpc) is 3.66. The van der Waals surface area contributed by atoms with E-state index < -0.39 is 53.3 Å². The van der Waals surface area contributed by atoms with Crippen molar-refractivity contribution < 1.29 is 45.4 Å². The van der Waals surface area contributed by atoms with Gasteiger partial charge in [-0.25, -0.2) is 17.5 Å². The van der Waals surface area contributed by atoms with Crippen LogP contribution in [-0.4, -0.2) is 65.9 Å². The van der Waals surface area contributed by atoms with E-state index in [1.807, 2.05) is 4.72 Å². The molecule has 0 fully saturated rings. The maximum Gasteiger partial charge on any atom is 0.355 e. The van der Waals surface area contributed by atoms with Gasteiger partial charge < -0.3 is 25.3 Å². The second-order valence-corrected chi connectivity index (χ2v) is 21.9. The van der Waals surface area contributed by atoms with Crippen LogP contribution in [0.2, 0.25) is 25.7 Å². The number of carbonyl (C=O) groups excluding carboxylic acids is 2. The number of hydrogen-bond donors (Lipinski definition) is 3. The molecule has 1 atom stereocenters. The number of sulfonamides is 1. The van der Waals surface area contributed by atoms with Crippen LogP contribution in [-0.2, 0) is 37.6 Å². The number of ether oxygens (including phenoxy) is 3. The van der Waals surface area contributed by atoms with Gasteiger partial charge >= 0.3 is 11.7 Å². The largest absolute Gasteiger partial charge is 0.484 e. The Morgan fingerprint density at radius 1 is 1.04 bits per heavy atom. The van der Waals surface area contributed by atoms with Crippen LogP contribution in [0.25, 0.3) is 11.3 Å². The number of nitrogens with one attached hydrogen (secondary N) is 2. The van der Waals surface area contributed by atoms with E-state index >= 15 is 0 Å². The zero-order valence-corrected chi connectivity index (χ0v) is 33.0. The second-order valence-electron chi connectivity index (χ2n) is 14.6. The summed E-state index contributed by atoms with van der Waals surface area (Å²) in [4.78, 5) is 25.4. The molecule has 14 nitrogen and oxygen atoms in total. The fourth-order valence-electron chi connectivity index (χ4n) is 4.96. The van der Waals surface area contributed by atoms with Gasteiger partial charge in [0, 0.05) is 32.5 Å². The summed E-state index contributed by atoms with van der Waals surface area (Å²) in [6.07, 6.45) is 0.880. The molecule has 4 N–H and O–H groups in total. The van der Waals surface area contributed by atoms with E-state index in [1.165, 1.54) is 51.8 Å². The SMILES string of the molecule is C[C@H](Oc1cc(-c2nn(COCC[Si](C)(C)C)c(Nc3ccn(CCC(=O)OC(C)(C)C)n3)c2C(N)=O)ccc1NS(=O)(=O)C(F)F)c1ccc(F)cc1. The van der Waals surface area contributed by atoms with Crippen molar-refractivity contribution in [2.24, 2.45) is 5.73 Å². The van der Waals surface area contributed by atoms with E-state index in [2.05, 4.69) is 35.2 Å². The summed E-state index contributed by atoms with van der Waals surface area (Å²) in [6.45, 7) is 14.0. The normalized spacial score (nSPS) is 12.8. The third kappa shape index (κ3) is 11.8. The summed E-state index contributed by atoms with van der Waals surface area (Å²) in [5, 5.41) is 12.2. The monoisotopic (exact) mass is 793 g/mol. The molecule has 2 heterocycles. The van der Waals surface area contributed by atoms with E-state index in [-0.39, 0.29) is 59.6 Å². The van der Waals surface area contributed by atoms with E-state index in [9.17, 15) is 31.2 Å². The summed E-state index contributed by atoms with van der Waals surface area (Å²) in [5.41, 5.74) is 5.63. The maximum atomic E-state index is 13.6. The molecule has 0 aliphatic heterocycles. The Morgan fingerprint density at radius 2 is 1.72 bits per heavy atom. The number of benzene rings is 2. The maximum absolute atomic E-state index is 13.6. The van der Waals surface area contributed by atoms with Gasteiger partial charge in [-0.15, -0.1) is 0 Å². The molecule has 0 radical (unpaired) electrons. The number of nitrogens with zero attached hydrogens (tertiary/aromatic N) is 4. The Morgan fingerprint density at radius 3 is 2.33 bits per heavy atom. The lowest BCUT2D eigenvalue weighted by Crippen LogP contribution is -2.24. The standard InChI is InChI=1S/C35H46F3N7O7SSi/c1-22(23-8-11-25(36)12-9-23)51-27-20-24(10-13-26(27)43-53(48,49)34(37)38)31-30(32(39)47)33(45(42-31)21-50-18-19-54(5,6)7)40-28-14-16-44(41-28)17-15-29(46)52-35(2,3)4/h8-14,16,20,22,34,43H,15,17-19,21H2,1-7H3,(H2,39,47)(H,40,41)/t22-/m0/s1. The van der Waals surface area contributed by atoms with Crippen molar-refractivity contribution in [3.63, 3.8) is 0 Å². The van der Waals surface area contributed by atoms with Crippen LogP contribution < -0.4 is 20.5 Å². The van der Waals surface area contributed by atoms with Gasteiger partial charge in [-0.1, -0.05) is 37.8 Å². The van der Waals surface area contributed by atoms with Gasteiger partial charge in [0.1, 0.15) is 47.1 Å². The van der Waals surface area contributed by atoms with Gasteiger partial charge in [-0.2, -0.15) is 19.0 Å². The van der Waals surface area contributed by atoms with Crippen molar-refractivity contribution in [1.82, 2.24) is 19.6 Å². The lowest BCUT2D eigenvalue weighted by atomic mass is 10.1. The summed E-state index contributed by atoms with van der Waals surface area (Å²) in [7, 11) is -6.59. The molecule has 0 saturated heterocycles. The number of rotatable bonds is 18. The Bertz CT molecular complexity index is 2040. The first kappa shape index (κ1) is 41.9. The van der Waals surface area contributed by atoms with Crippen LogP contribution >= 0.6 is 0 Å². The highest BCUT2D eigenvalue weighted by Gasteiger charge is 2.29. The van der Waals surface area contributed by atoms with Crippen LogP contribution in [0.1, 0.15) is 56.1 Å². The molecule has 2 aromatic carbocycles. The molecule has 294 valence electrons. The number of primary amides is 1. The minimum Gasteiger partial charge on any atom is -0.484 e. The molecule has 0 aliphatic carbocycles. The summed E-state index contributed by atoms with van der Waals surface area (Å²) < 4.78 is 86.9. The van der Waals surface area contributed by atoms with Crippen molar-refractivity contribution >= 4 is 47.3 Å². The summed E-state index contributed by atoms with van der Waals surface area (Å²) in [5.74, 6) is -5.32. The molecule has 0 spiro atoms. The predicted molar refractivity (Wildman–Crippen MR) is 200 cm³/mol. The number of anilines is 3. The smallest absolute Gasteiger partial charge is 0.355 e. The second kappa shape index (κ2) is 17.1. The van der Waals surface area contributed by atoms with Gasteiger partial charge in [0.2, 0.25) is 0 Å². The van der Waals surface area contributed by atoms with Crippen LogP contribution in [0.15, 0.2) is 54.7 Å². The zero-order chi connectivity index (χ0) is 40.0. The van der Waals surface area contributed by atoms with E-state index in [0.29, 0.717) is 12.2 Å². The third-order valence-electron chi connectivity index (χ3n) is 7.65. The topological polar surface area (TPSA) is 182 Å². The first-order chi connectivity index (χ1) is 25.1. The zero-order valence-electron chi connectivity index (χ0n) is 31.2. The number of carbonyl (C=O) groups is 2. The van der Waals surface area contributed by atoms with Gasteiger partial charge in [-0.05, 0) is 63.6 Å². The average molecular weight is 794 g/mol. The van der Waals surface area contributed by atoms with Crippen LogP contribution in [0.5, 0.6) is 5.75 Å². The van der Waals surface area contributed by atoms with Crippen molar-refractivity contribution in [2.45, 2.75) is 90.5 Å². The number of hydrogen-bond acceptors (Lipinski definition) is 10. The first-order valence-corrected chi connectivity index (χ1v) is 22.2. The molecule has 4 aromatic rings. The number of nitrogens with two attached hydrogens (primary N) is 1. The molecule has 0 saturated carbocycles. The third-order valence-corrected chi connectivity index (χ3v) is 10.3. The molecule has 54 heavy (non-hydrogen) atoms. The van der Waals surface area contributed by atoms with Crippen molar-refractivity contribution in [1.29, 1.82) is 0 Å². The fraction of sp³-hybridized carbons (Fsp3) is 0.429. The van der Waals surface area contributed by atoms with E-state index in [1.54, 1.807) is 40.0 Å². The Balaban J connectivity index is 1.75. The number of amides is 1. The lowest BCUT2D eigenvalue weighted by Gasteiger charge is -2.19. The number of esters is 1. The quantitative estimate of drug-likeness (QED) is 0.0546. The highest BCUT2D eigenvalue weighted by Crippen LogP contribution is 2.38. The molecule has 4 rings (SSSR count). The summed E-state index contributed by atoms with van der Waals surface area (Å²) >= 11 is 0. The van der Waals surface area contributed by atoms with Crippen molar-refractivity contribution in [3.05, 3.63) is 71.7 Å². The minimum absolute atomic E-state index is 0.0331. The van der Waals surface area contributed by atoms with Crippen LogP contribution in [0.4, 0.5) is 30.5 Å². The minimum atomic E-state index is -5.12. The van der Waals surface area contributed by atoms with Crippen LogP contribution in [0, 0.1) is 5.82 Å². The first-order valence-electron chi connectivity index (χ1n) is 17.0. The highest BCUT2D eigenvalue weighted by atomic mass is 32.2. The van der Waals surface area contributed by atoms with Gasteiger partial charge in [0.25, 0.3) is 15.9 Å². The molecule has 1 amide bonds. The van der Waals surface area contributed by atoms with Crippen LogP contribution in [0.3, 0.4) is 0 Å². The van der Waals surface area contributed by atoms with E-state index in [4.69, 9.17) is 19.9 Å². The molecular weight excluding hydrogens is 748 g/mol. The highest BCUT2D eigenvalue weighted by molar-refractivity contribution is 7.93. The molecule has 19 heteroatoms. The van der Waals surface area contributed by atoms with Gasteiger partial charge in [0.15, 0.2) is 5.82 Å². The number of aromatic nitrogens is 4. The predicted octanol–water partition coefficient (Wildman–Crippen LogP) is 6.88. The summed E-state index contributed by atoms with van der Waals surface area (Å²) in [6, 6.07) is 11.7. The number of halogens is 3. The number of aryl methyl sites for hydroxylation is 1. The van der Waals surface area contributed by atoms with Gasteiger partial charge in [0.05, 0.1) is 18.7 Å². The molecular formula is C35H46F3N7O7SSi. The number of alkyl halides is 2. The molecule has 0 aliphatic rings. The van der Waals surface area contributed by atoms with Gasteiger partial charge in [-0.3, -0.25) is 19.0 Å². The van der Waals surface area contributed by atoms with E-state index in [0.717, 1.165) is 6.04 Å². The fourth-order valence-corrected chi connectivity index (χ4v) is 6.28. The molecule has 0 bridgehead atoms. The van der Waals surface area contributed by atoms with Crippen molar-refractivity contribution in [3.8, 4) is 17.0 Å². The Hall–Kier alpha value is -4.88. The Labute approximate surface area is 313 Å². The van der Waals surface area contributed by atoms with Crippen molar-refractivity contribution in [2.75, 3.05) is 16.6 Å². The Kier molecular flexibility index (Phi) is 13.2. The molecule has 2 aromatic heterocycles. The lowest BCUT2D eigenvalue weighted by molar-refractivity contribution is -0.155. The molecule has 0 unspecified atom stereocenters.